The van der Waals surface area contributed by atoms with Crippen molar-refractivity contribution in [2.24, 2.45) is 0 Å². The number of halogens is 1. The average Bonchev–Trinajstić information content (AvgIpc) is 2.63. The van der Waals surface area contributed by atoms with E-state index in [-0.39, 0.29) is 11.7 Å². The first-order chi connectivity index (χ1) is 13.3. The van der Waals surface area contributed by atoms with Gasteiger partial charge in [-0.25, -0.2) is 4.39 Å². The van der Waals surface area contributed by atoms with Gasteiger partial charge in [0, 0.05) is 30.1 Å². The molecule has 0 unspecified atom stereocenters. The van der Waals surface area contributed by atoms with Crippen LogP contribution in [0.25, 0.3) is 22.3 Å². The van der Waals surface area contributed by atoms with Crippen LogP contribution in [0.15, 0.2) is 48.5 Å². The third kappa shape index (κ3) is 3.78. The molecule has 0 aliphatic carbocycles. The van der Waals surface area contributed by atoms with Gasteiger partial charge in [0.25, 0.3) is 0 Å². The van der Waals surface area contributed by atoms with Crippen LogP contribution in [0.4, 0.5) is 15.8 Å². The highest BCUT2D eigenvalue weighted by Gasteiger charge is 2.15. The summed E-state index contributed by atoms with van der Waals surface area (Å²) in [6, 6.07) is 14.3. The molecule has 3 aromatic rings. The van der Waals surface area contributed by atoms with Gasteiger partial charge in [0.05, 0.1) is 0 Å². The van der Waals surface area contributed by atoms with E-state index in [9.17, 15) is 9.18 Å². The lowest BCUT2D eigenvalue weighted by Crippen LogP contribution is -2.06. The Balaban J connectivity index is 2.30. The van der Waals surface area contributed by atoms with Gasteiger partial charge in [-0.05, 0) is 83.6 Å². The lowest BCUT2D eigenvalue weighted by molar-refractivity contribution is -0.114. The van der Waals surface area contributed by atoms with Crippen LogP contribution >= 0.6 is 0 Å². The Labute approximate surface area is 163 Å². The fraction of sp³-hybridized carbons (Fsp3) is 0.130. The molecular weight excluding hydrogens is 353 g/mol. The Morgan fingerprint density at radius 1 is 1.04 bits per heavy atom. The van der Waals surface area contributed by atoms with E-state index >= 15 is 0 Å². The van der Waals surface area contributed by atoms with Crippen LogP contribution in [0.2, 0.25) is 0 Å². The number of carbonyl (C=O) groups is 1. The number of nitrogen functional groups attached to an aromatic ring is 1. The van der Waals surface area contributed by atoms with E-state index in [0.29, 0.717) is 22.5 Å². The van der Waals surface area contributed by atoms with E-state index in [0.717, 1.165) is 27.8 Å². The number of nitrogens with one attached hydrogen (secondary N) is 2. The van der Waals surface area contributed by atoms with E-state index in [4.69, 9.17) is 11.1 Å². The van der Waals surface area contributed by atoms with Gasteiger partial charge >= 0.3 is 0 Å². The number of rotatable bonds is 4. The van der Waals surface area contributed by atoms with E-state index in [1.165, 1.54) is 19.2 Å². The van der Waals surface area contributed by atoms with Crippen molar-refractivity contribution < 1.29 is 9.18 Å². The van der Waals surface area contributed by atoms with E-state index < -0.39 is 0 Å². The largest absolute Gasteiger partial charge is 0.398 e. The number of nitrogens with two attached hydrogens (primary N) is 1. The van der Waals surface area contributed by atoms with Gasteiger partial charge in [0.2, 0.25) is 5.91 Å². The van der Waals surface area contributed by atoms with Crippen molar-refractivity contribution in [2.45, 2.75) is 20.8 Å². The standard InChI is InChI=1S/C23H22FN3O/c1-13-8-17(4-6-21(13)24)23-14(2)9-19(27-15(3)28)11-20(23)16-5-7-22(26)18(10-16)12-25/h4-12,25H,26H2,1-3H3,(H,27,28). The second kappa shape index (κ2) is 7.64. The molecule has 3 aromatic carbocycles. The number of amides is 1. The van der Waals surface area contributed by atoms with Crippen LogP contribution < -0.4 is 11.1 Å². The molecule has 5 heteroatoms. The predicted molar refractivity (Wildman–Crippen MR) is 113 cm³/mol. The van der Waals surface area contributed by atoms with Crippen molar-refractivity contribution in [3.63, 3.8) is 0 Å². The fourth-order valence-electron chi connectivity index (χ4n) is 3.34. The molecule has 4 N–H and O–H groups in total. The molecule has 0 bridgehead atoms. The van der Waals surface area contributed by atoms with Crippen LogP contribution in [0.1, 0.15) is 23.6 Å². The molecule has 0 spiro atoms. The van der Waals surface area contributed by atoms with Crippen molar-refractivity contribution in [3.05, 3.63) is 71.0 Å². The molecule has 0 aromatic heterocycles. The highest BCUT2D eigenvalue weighted by atomic mass is 19.1. The maximum Gasteiger partial charge on any atom is 0.221 e. The number of benzene rings is 3. The van der Waals surface area contributed by atoms with Crippen molar-refractivity contribution in [3.8, 4) is 22.3 Å². The predicted octanol–water partition coefficient (Wildman–Crippen LogP) is 5.31. The summed E-state index contributed by atoms with van der Waals surface area (Å²) in [5.41, 5.74) is 12.8. The molecule has 142 valence electrons. The number of anilines is 2. The van der Waals surface area contributed by atoms with Crippen molar-refractivity contribution in [1.82, 2.24) is 0 Å². The van der Waals surface area contributed by atoms with Gasteiger partial charge in [-0.15, -0.1) is 0 Å². The van der Waals surface area contributed by atoms with E-state index in [1.807, 2.05) is 37.3 Å². The van der Waals surface area contributed by atoms with E-state index in [2.05, 4.69) is 5.32 Å². The molecule has 0 saturated heterocycles. The summed E-state index contributed by atoms with van der Waals surface area (Å²) >= 11 is 0. The zero-order valence-corrected chi connectivity index (χ0v) is 16.1. The van der Waals surface area contributed by atoms with Crippen LogP contribution in [0, 0.1) is 25.1 Å². The molecule has 0 aliphatic heterocycles. The minimum absolute atomic E-state index is 0.159. The monoisotopic (exact) mass is 375 g/mol. The number of hydrogen-bond acceptors (Lipinski definition) is 3. The summed E-state index contributed by atoms with van der Waals surface area (Å²) in [6.07, 6.45) is 1.21. The second-order valence-corrected chi connectivity index (χ2v) is 6.85. The third-order valence-electron chi connectivity index (χ3n) is 4.66. The molecule has 0 aliphatic rings. The summed E-state index contributed by atoms with van der Waals surface area (Å²) in [5.74, 6) is -0.412. The fourth-order valence-corrected chi connectivity index (χ4v) is 3.34. The average molecular weight is 375 g/mol. The van der Waals surface area contributed by atoms with E-state index in [1.54, 1.807) is 19.1 Å². The molecular formula is C23H22FN3O. The summed E-state index contributed by atoms with van der Waals surface area (Å²) < 4.78 is 13.8. The third-order valence-corrected chi connectivity index (χ3v) is 4.66. The molecule has 0 radical (unpaired) electrons. The summed E-state index contributed by atoms with van der Waals surface area (Å²) in [6.45, 7) is 5.15. The maximum absolute atomic E-state index is 13.8. The molecule has 4 nitrogen and oxygen atoms in total. The SMILES string of the molecule is CC(=O)Nc1cc(C)c(-c2ccc(F)c(C)c2)c(-c2ccc(N)c(C=N)c2)c1. The Hall–Kier alpha value is -3.47. The zero-order chi connectivity index (χ0) is 20.4. The van der Waals surface area contributed by atoms with Crippen molar-refractivity contribution in [2.75, 3.05) is 11.1 Å². The first kappa shape index (κ1) is 19.3. The number of aryl methyl sites for hydroxylation is 2. The van der Waals surface area contributed by atoms with Crippen molar-refractivity contribution >= 4 is 23.5 Å². The van der Waals surface area contributed by atoms with Crippen molar-refractivity contribution in [1.29, 1.82) is 5.41 Å². The molecule has 28 heavy (non-hydrogen) atoms. The van der Waals surface area contributed by atoms with Gasteiger partial charge in [-0.2, -0.15) is 0 Å². The van der Waals surface area contributed by atoms with Crippen LogP contribution in [0.3, 0.4) is 0 Å². The van der Waals surface area contributed by atoms with Gasteiger partial charge in [0.15, 0.2) is 0 Å². The topological polar surface area (TPSA) is 79.0 Å². The molecule has 3 rings (SSSR count). The molecule has 0 heterocycles. The van der Waals surface area contributed by atoms with Crippen LogP contribution in [-0.2, 0) is 4.79 Å². The highest BCUT2D eigenvalue weighted by Crippen LogP contribution is 2.38. The molecule has 1 amide bonds. The number of carbonyl (C=O) groups excluding carboxylic acids is 1. The summed E-state index contributed by atoms with van der Waals surface area (Å²) in [4.78, 5) is 11.6. The summed E-state index contributed by atoms with van der Waals surface area (Å²) in [7, 11) is 0. The first-order valence-corrected chi connectivity index (χ1v) is 8.89. The van der Waals surface area contributed by atoms with Crippen LogP contribution in [-0.4, -0.2) is 12.1 Å². The summed E-state index contributed by atoms with van der Waals surface area (Å²) in [5, 5.41) is 10.4. The molecule has 0 saturated carbocycles. The second-order valence-electron chi connectivity index (χ2n) is 6.85. The quantitative estimate of drug-likeness (QED) is 0.426. The van der Waals surface area contributed by atoms with Gasteiger partial charge in [0.1, 0.15) is 5.82 Å². The molecule has 0 fully saturated rings. The Morgan fingerprint density at radius 3 is 2.39 bits per heavy atom. The first-order valence-electron chi connectivity index (χ1n) is 8.89. The van der Waals surface area contributed by atoms with Gasteiger partial charge in [-0.1, -0.05) is 12.1 Å². The lowest BCUT2D eigenvalue weighted by atomic mass is 9.89. The Kier molecular flexibility index (Phi) is 5.27. The zero-order valence-electron chi connectivity index (χ0n) is 16.1. The smallest absolute Gasteiger partial charge is 0.221 e. The van der Waals surface area contributed by atoms with Crippen LogP contribution in [0.5, 0.6) is 0 Å². The minimum atomic E-state index is -0.253. The molecule has 0 atom stereocenters. The number of hydrogen-bond donors (Lipinski definition) is 3. The lowest BCUT2D eigenvalue weighted by Gasteiger charge is -2.17. The van der Waals surface area contributed by atoms with Gasteiger partial charge < -0.3 is 16.5 Å². The normalized spacial score (nSPS) is 10.6. The Bertz CT molecular complexity index is 1090. The Morgan fingerprint density at radius 2 is 1.75 bits per heavy atom. The minimum Gasteiger partial charge on any atom is -0.398 e. The van der Waals surface area contributed by atoms with Gasteiger partial charge in [-0.3, -0.25) is 4.79 Å². The maximum atomic E-state index is 13.8. The highest BCUT2D eigenvalue weighted by molar-refractivity contribution is 5.95.